The topological polar surface area (TPSA) is 27.1 Å². The van der Waals surface area contributed by atoms with Crippen molar-refractivity contribution in [1.82, 2.24) is 9.55 Å². The van der Waals surface area contributed by atoms with Crippen LogP contribution in [0.4, 0.5) is 13.2 Å². The SMILES string of the molecule is C[C@@H](Cn1ccnc1)[C@@H](Oc1ccc(C(F)(F)F)cc1)c1ccccc1. The van der Waals surface area contributed by atoms with Crippen LogP contribution in [0.5, 0.6) is 5.75 Å². The molecule has 0 N–H and O–H groups in total. The minimum Gasteiger partial charge on any atom is -0.485 e. The number of aromatic nitrogens is 2. The van der Waals surface area contributed by atoms with Gasteiger partial charge in [-0.15, -0.1) is 0 Å². The fourth-order valence-corrected chi connectivity index (χ4v) is 2.85. The van der Waals surface area contributed by atoms with Crippen molar-refractivity contribution in [2.24, 2.45) is 5.92 Å². The third kappa shape index (κ3) is 4.45. The maximum absolute atomic E-state index is 12.7. The summed E-state index contributed by atoms with van der Waals surface area (Å²) in [6, 6.07) is 14.5. The Hall–Kier alpha value is -2.76. The maximum atomic E-state index is 12.7. The van der Waals surface area contributed by atoms with Crippen LogP contribution in [-0.2, 0) is 12.7 Å². The Bertz CT molecular complexity index is 799. The van der Waals surface area contributed by atoms with Gasteiger partial charge in [0.15, 0.2) is 0 Å². The lowest BCUT2D eigenvalue weighted by Gasteiger charge is -2.26. The molecule has 3 aromatic rings. The van der Waals surface area contributed by atoms with Crippen molar-refractivity contribution < 1.29 is 17.9 Å². The van der Waals surface area contributed by atoms with Crippen LogP contribution in [0.1, 0.15) is 24.2 Å². The second-order valence-corrected chi connectivity index (χ2v) is 6.21. The smallest absolute Gasteiger partial charge is 0.416 e. The second-order valence-electron chi connectivity index (χ2n) is 6.21. The summed E-state index contributed by atoms with van der Waals surface area (Å²) in [5.74, 6) is 0.484. The fraction of sp³-hybridized carbons (Fsp3) is 0.250. The molecule has 2 aromatic carbocycles. The quantitative estimate of drug-likeness (QED) is 0.592. The Balaban J connectivity index is 1.81. The van der Waals surface area contributed by atoms with Gasteiger partial charge in [-0.25, -0.2) is 4.98 Å². The fourth-order valence-electron chi connectivity index (χ4n) is 2.85. The zero-order valence-corrected chi connectivity index (χ0v) is 14.2. The van der Waals surface area contributed by atoms with Gasteiger partial charge in [0.2, 0.25) is 0 Å². The van der Waals surface area contributed by atoms with Crippen molar-refractivity contribution in [3.8, 4) is 5.75 Å². The number of nitrogens with zero attached hydrogens (tertiary/aromatic N) is 2. The van der Waals surface area contributed by atoms with Gasteiger partial charge in [0, 0.05) is 24.9 Å². The van der Waals surface area contributed by atoms with Crippen LogP contribution in [-0.4, -0.2) is 9.55 Å². The van der Waals surface area contributed by atoms with E-state index in [4.69, 9.17) is 4.74 Å². The molecule has 0 aliphatic heterocycles. The molecule has 0 saturated heterocycles. The predicted octanol–water partition coefficient (Wildman–Crippen LogP) is 5.36. The number of alkyl halides is 3. The van der Waals surface area contributed by atoms with Gasteiger partial charge >= 0.3 is 6.18 Å². The number of hydrogen-bond donors (Lipinski definition) is 0. The van der Waals surface area contributed by atoms with Gasteiger partial charge in [0.05, 0.1) is 11.9 Å². The highest BCUT2D eigenvalue weighted by molar-refractivity contribution is 5.30. The zero-order chi connectivity index (χ0) is 18.6. The monoisotopic (exact) mass is 360 g/mol. The Morgan fingerprint density at radius 2 is 1.73 bits per heavy atom. The van der Waals surface area contributed by atoms with Crippen LogP contribution in [0.15, 0.2) is 73.3 Å². The first-order valence-electron chi connectivity index (χ1n) is 8.28. The average molecular weight is 360 g/mol. The molecule has 3 rings (SSSR count). The number of rotatable bonds is 6. The molecule has 0 fully saturated rings. The third-order valence-electron chi connectivity index (χ3n) is 4.15. The summed E-state index contributed by atoms with van der Waals surface area (Å²) in [6.07, 6.45) is 0.663. The van der Waals surface area contributed by atoms with Crippen molar-refractivity contribution in [3.05, 3.63) is 84.4 Å². The number of halogens is 3. The summed E-state index contributed by atoms with van der Waals surface area (Å²) >= 11 is 0. The lowest BCUT2D eigenvalue weighted by Crippen LogP contribution is -2.21. The molecule has 26 heavy (non-hydrogen) atoms. The van der Waals surface area contributed by atoms with Gasteiger partial charge in [0.25, 0.3) is 0 Å². The van der Waals surface area contributed by atoms with Crippen molar-refractivity contribution in [2.45, 2.75) is 25.7 Å². The first kappa shape index (κ1) is 18.0. The van der Waals surface area contributed by atoms with Crippen LogP contribution in [0.2, 0.25) is 0 Å². The van der Waals surface area contributed by atoms with E-state index in [0.29, 0.717) is 12.3 Å². The van der Waals surface area contributed by atoms with Crippen LogP contribution in [0.3, 0.4) is 0 Å². The summed E-state index contributed by atoms with van der Waals surface area (Å²) in [5.41, 5.74) is 0.285. The van der Waals surface area contributed by atoms with Gasteiger partial charge in [-0.05, 0) is 29.8 Å². The van der Waals surface area contributed by atoms with E-state index in [0.717, 1.165) is 17.7 Å². The van der Waals surface area contributed by atoms with E-state index in [1.807, 2.05) is 48.0 Å². The molecule has 0 radical (unpaired) electrons. The Morgan fingerprint density at radius 3 is 2.31 bits per heavy atom. The largest absolute Gasteiger partial charge is 0.485 e. The Kier molecular flexibility index (Phi) is 5.30. The minimum atomic E-state index is -4.36. The first-order valence-corrected chi connectivity index (χ1v) is 8.28. The molecule has 0 unspecified atom stereocenters. The molecule has 0 aliphatic carbocycles. The molecule has 1 heterocycles. The molecule has 1 aromatic heterocycles. The number of benzene rings is 2. The lowest BCUT2D eigenvalue weighted by molar-refractivity contribution is -0.137. The average Bonchev–Trinajstić information content (AvgIpc) is 3.13. The number of ether oxygens (including phenoxy) is 1. The molecule has 3 nitrogen and oxygen atoms in total. The van der Waals surface area contributed by atoms with Crippen molar-refractivity contribution >= 4 is 0 Å². The van der Waals surface area contributed by atoms with Crippen molar-refractivity contribution in [2.75, 3.05) is 0 Å². The Labute approximate surface area is 150 Å². The van der Waals surface area contributed by atoms with Gasteiger partial charge in [-0.1, -0.05) is 37.3 Å². The molecular formula is C20H19F3N2O. The van der Waals surface area contributed by atoms with Gasteiger partial charge in [-0.2, -0.15) is 13.2 Å². The summed E-state index contributed by atoms with van der Waals surface area (Å²) < 4.78 is 46.2. The minimum absolute atomic E-state index is 0.0777. The molecule has 6 heteroatoms. The number of hydrogen-bond acceptors (Lipinski definition) is 2. The summed E-state index contributed by atoms with van der Waals surface area (Å²) in [4.78, 5) is 4.04. The van der Waals surface area contributed by atoms with E-state index >= 15 is 0 Å². The molecule has 0 spiro atoms. The van der Waals surface area contributed by atoms with Crippen LogP contribution in [0.25, 0.3) is 0 Å². The number of imidazole rings is 1. The molecule has 0 aliphatic rings. The van der Waals surface area contributed by atoms with E-state index in [1.165, 1.54) is 12.1 Å². The van der Waals surface area contributed by atoms with E-state index in [9.17, 15) is 13.2 Å². The van der Waals surface area contributed by atoms with E-state index in [-0.39, 0.29) is 12.0 Å². The molecule has 2 atom stereocenters. The molecule has 0 saturated carbocycles. The van der Waals surface area contributed by atoms with Gasteiger partial charge < -0.3 is 9.30 Å². The van der Waals surface area contributed by atoms with Gasteiger partial charge in [0.1, 0.15) is 11.9 Å². The highest BCUT2D eigenvalue weighted by Crippen LogP contribution is 2.33. The van der Waals surface area contributed by atoms with Crippen LogP contribution >= 0.6 is 0 Å². The van der Waals surface area contributed by atoms with Crippen molar-refractivity contribution in [3.63, 3.8) is 0 Å². The predicted molar refractivity (Wildman–Crippen MR) is 92.6 cm³/mol. The standard InChI is InChI=1S/C20H19F3N2O/c1-15(13-25-12-11-24-14-25)19(16-5-3-2-4-6-16)26-18-9-7-17(8-10-18)20(21,22)23/h2-12,14-15,19H,13H2,1H3/t15-,19+/m0/s1. The van der Waals surface area contributed by atoms with Crippen LogP contribution < -0.4 is 4.74 Å². The summed E-state index contributed by atoms with van der Waals surface area (Å²) in [5, 5.41) is 0. The third-order valence-corrected chi connectivity index (χ3v) is 4.15. The molecule has 0 amide bonds. The molecular weight excluding hydrogens is 341 g/mol. The lowest BCUT2D eigenvalue weighted by atomic mass is 9.97. The Morgan fingerprint density at radius 1 is 1.04 bits per heavy atom. The maximum Gasteiger partial charge on any atom is 0.416 e. The van der Waals surface area contributed by atoms with Crippen molar-refractivity contribution in [1.29, 1.82) is 0 Å². The zero-order valence-electron chi connectivity index (χ0n) is 14.2. The first-order chi connectivity index (χ1) is 12.4. The molecule has 136 valence electrons. The second kappa shape index (κ2) is 7.64. The van der Waals surface area contributed by atoms with E-state index in [1.54, 1.807) is 12.5 Å². The van der Waals surface area contributed by atoms with Gasteiger partial charge in [-0.3, -0.25) is 0 Å². The van der Waals surface area contributed by atoms with E-state index in [2.05, 4.69) is 4.98 Å². The highest BCUT2D eigenvalue weighted by atomic mass is 19.4. The summed E-state index contributed by atoms with van der Waals surface area (Å²) in [7, 11) is 0. The highest BCUT2D eigenvalue weighted by Gasteiger charge is 2.30. The normalized spacial score (nSPS) is 14.0. The summed E-state index contributed by atoms with van der Waals surface area (Å²) in [6.45, 7) is 2.72. The van der Waals surface area contributed by atoms with Crippen LogP contribution in [0, 0.1) is 5.92 Å². The molecule has 0 bridgehead atoms. The van der Waals surface area contributed by atoms with E-state index < -0.39 is 11.7 Å².